The number of halogens is 1. The number of nitrogens with zero attached hydrogens (tertiary/aromatic N) is 3. The molecule has 1 fully saturated rings. The van der Waals surface area contributed by atoms with E-state index in [2.05, 4.69) is 0 Å². The molecule has 1 aromatic carbocycles. The monoisotopic (exact) mass is 293 g/mol. The molecular formula is C13H12ClN3O3. The Morgan fingerprint density at radius 3 is 2.80 bits per heavy atom. The van der Waals surface area contributed by atoms with Gasteiger partial charge in [0.2, 0.25) is 0 Å². The summed E-state index contributed by atoms with van der Waals surface area (Å²) in [6, 6.07) is 6.07. The van der Waals surface area contributed by atoms with E-state index in [9.17, 15) is 14.9 Å². The Balaban J connectivity index is 2.31. The SMILES string of the molecule is N#CCCN(C(=O)c1ccc(Cl)cc1[N+](=O)[O-])C1CC1. The summed E-state index contributed by atoms with van der Waals surface area (Å²) >= 11 is 5.73. The molecule has 0 saturated heterocycles. The maximum atomic E-state index is 12.4. The fourth-order valence-electron chi connectivity index (χ4n) is 2.00. The zero-order valence-corrected chi connectivity index (χ0v) is 11.3. The first-order chi connectivity index (χ1) is 9.54. The van der Waals surface area contributed by atoms with Gasteiger partial charge in [-0.05, 0) is 25.0 Å². The molecule has 2 rings (SSSR count). The number of amides is 1. The van der Waals surface area contributed by atoms with Gasteiger partial charge in [-0.1, -0.05) is 11.6 Å². The van der Waals surface area contributed by atoms with Crippen molar-refractivity contribution in [1.82, 2.24) is 4.90 Å². The summed E-state index contributed by atoms with van der Waals surface area (Å²) in [7, 11) is 0. The Bertz CT molecular complexity index is 593. The summed E-state index contributed by atoms with van der Waals surface area (Å²) in [6.45, 7) is 0.291. The van der Waals surface area contributed by atoms with Crippen molar-refractivity contribution in [2.24, 2.45) is 0 Å². The van der Waals surface area contributed by atoms with Crippen LogP contribution in [0.25, 0.3) is 0 Å². The van der Waals surface area contributed by atoms with Crippen LogP contribution in [0, 0.1) is 21.4 Å². The van der Waals surface area contributed by atoms with Crippen molar-refractivity contribution in [3.63, 3.8) is 0 Å². The van der Waals surface area contributed by atoms with Gasteiger partial charge in [0, 0.05) is 23.7 Å². The molecule has 0 bridgehead atoms. The van der Waals surface area contributed by atoms with E-state index < -0.39 is 10.8 Å². The van der Waals surface area contributed by atoms with Gasteiger partial charge in [0.25, 0.3) is 11.6 Å². The molecule has 0 aliphatic heterocycles. The minimum absolute atomic E-state index is 0.0178. The fraction of sp³-hybridized carbons (Fsp3) is 0.385. The number of nitriles is 1. The Labute approximate surface area is 120 Å². The lowest BCUT2D eigenvalue weighted by Crippen LogP contribution is -2.34. The van der Waals surface area contributed by atoms with E-state index in [1.165, 1.54) is 18.2 Å². The molecule has 7 heteroatoms. The Kier molecular flexibility index (Phi) is 4.20. The summed E-state index contributed by atoms with van der Waals surface area (Å²) < 4.78 is 0. The van der Waals surface area contributed by atoms with Gasteiger partial charge >= 0.3 is 0 Å². The lowest BCUT2D eigenvalue weighted by molar-refractivity contribution is -0.385. The molecule has 0 N–H and O–H groups in total. The van der Waals surface area contributed by atoms with Crippen LogP contribution in [0.4, 0.5) is 5.69 Å². The molecular weight excluding hydrogens is 282 g/mol. The van der Waals surface area contributed by atoms with Crippen molar-refractivity contribution < 1.29 is 9.72 Å². The quantitative estimate of drug-likeness (QED) is 0.617. The molecule has 6 nitrogen and oxygen atoms in total. The smallest absolute Gasteiger partial charge is 0.283 e. The van der Waals surface area contributed by atoms with Crippen molar-refractivity contribution in [2.75, 3.05) is 6.54 Å². The zero-order valence-electron chi connectivity index (χ0n) is 10.6. The second-order valence-corrected chi connectivity index (χ2v) is 4.99. The van der Waals surface area contributed by atoms with E-state index >= 15 is 0 Å². The maximum Gasteiger partial charge on any atom is 0.283 e. The highest BCUT2D eigenvalue weighted by Crippen LogP contribution is 2.31. The van der Waals surface area contributed by atoms with Gasteiger partial charge in [-0.15, -0.1) is 0 Å². The average molecular weight is 294 g/mol. The third-order valence-electron chi connectivity index (χ3n) is 3.10. The molecule has 1 aliphatic rings. The van der Waals surface area contributed by atoms with Crippen molar-refractivity contribution >= 4 is 23.2 Å². The number of carbonyl (C=O) groups is 1. The highest BCUT2D eigenvalue weighted by Gasteiger charge is 2.35. The van der Waals surface area contributed by atoms with Crippen LogP contribution < -0.4 is 0 Å². The van der Waals surface area contributed by atoms with E-state index in [1.54, 1.807) is 4.90 Å². The highest BCUT2D eigenvalue weighted by molar-refractivity contribution is 6.31. The average Bonchev–Trinajstić information content (AvgIpc) is 3.23. The van der Waals surface area contributed by atoms with E-state index in [0.29, 0.717) is 6.54 Å². The summed E-state index contributed by atoms with van der Waals surface area (Å²) in [6.07, 6.45) is 1.96. The van der Waals surface area contributed by atoms with E-state index in [0.717, 1.165) is 12.8 Å². The number of rotatable bonds is 5. The molecule has 1 saturated carbocycles. The van der Waals surface area contributed by atoms with Gasteiger partial charge in [0.1, 0.15) is 5.56 Å². The van der Waals surface area contributed by atoms with Crippen LogP contribution in [-0.4, -0.2) is 28.3 Å². The van der Waals surface area contributed by atoms with E-state index in [4.69, 9.17) is 16.9 Å². The first-order valence-electron chi connectivity index (χ1n) is 6.16. The summed E-state index contributed by atoms with van der Waals surface area (Å²) in [5.74, 6) is -0.411. The van der Waals surface area contributed by atoms with Gasteiger partial charge in [-0.3, -0.25) is 14.9 Å². The lowest BCUT2D eigenvalue weighted by atomic mass is 10.1. The zero-order chi connectivity index (χ0) is 14.7. The molecule has 0 radical (unpaired) electrons. The molecule has 0 heterocycles. The predicted molar refractivity (Wildman–Crippen MR) is 72.4 cm³/mol. The van der Waals surface area contributed by atoms with Crippen LogP contribution >= 0.6 is 11.6 Å². The van der Waals surface area contributed by atoms with Gasteiger partial charge in [0.15, 0.2) is 0 Å². The van der Waals surface area contributed by atoms with Crippen LogP contribution in [0.1, 0.15) is 29.6 Å². The Morgan fingerprint density at radius 2 is 2.25 bits per heavy atom. The standard InChI is InChI=1S/C13H12ClN3O3/c14-9-2-5-11(12(8-9)17(19)20)13(18)16(7-1-6-15)10-3-4-10/h2,5,8,10H,1,3-4,7H2. The van der Waals surface area contributed by atoms with Gasteiger partial charge < -0.3 is 4.90 Å². The minimum Gasteiger partial charge on any atom is -0.334 e. The fourth-order valence-corrected chi connectivity index (χ4v) is 2.16. The van der Waals surface area contributed by atoms with Crippen molar-refractivity contribution in [2.45, 2.75) is 25.3 Å². The van der Waals surface area contributed by atoms with Gasteiger partial charge in [-0.2, -0.15) is 5.26 Å². The normalized spacial score (nSPS) is 13.6. The van der Waals surface area contributed by atoms with E-state index in [1.807, 2.05) is 6.07 Å². The molecule has 20 heavy (non-hydrogen) atoms. The van der Waals surface area contributed by atoms with Crippen LogP contribution in [0.15, 0.2) is 18.2 Å². The van der Waals surface area contributed by atoms with Crippen LogP contribution in [0.2, 0.25) is 5.02 Å². The third-order valence-corrected chi connectivity index (χ3v) is 3.33. The molecule has 0 unspecified atom stereocenters. The number of nitro benzene ring substituents is 1. The third kappa shape index (κ3) is 3.06. The summed E-state index contributed by atoms with van der Waals surface area (Å²) in [5, 5.41) is 19.9. The first-order valence-corrected chi connectivity index (χ1v) is 6.54. The number of carbonyl (C=O) groups excluding carboxylic acids is 1. The Morgan fingerprint density at radius 1 is 1.55 bits per heavy atom. The van der Waals surface area contributed by atoms with Crippen molar-refractivity contribution in [1.29, 1.82) is 5.26 Å². The molecule has 0 spiro atoms. The summed E-state index contributed by atoms with van der Waals surface area (Å²) in [4.78, 5) is 24.4. The highest BCUT2D eigenvalue weighted by atomic mass is 35.5. The molecule has 0 aromatic heterocycles. The van der Waals surface area contributed by atoms with Crippen molar-refractivity contribution in [3.8, 4) is 6.07 Å². The number of nitro groups is 1. The first kappa shape index (κ1) is 14.3. The topological polar surface area (TPSA) is 87.2 Å². The molecule has 0 atom stereocenters. The number of hydrogen-bond donors (Lipinski definition) is 0. The molecule has 1 aromatic rings. The van der Waals surface area contributed by atoms with Crippen LogP contribution in [0.3, 0.4) is 0 Å². The van der Waals surface area contributed by atoms with Crippen LogP contribution in [0.5, 0.6) is 0 Å². The second-order valence-electron chi connectivity index (χ2n) is 4.56. The lowest BCUT2D eigenvalue weighted by Gasteiger charge is -2.21. The maximum absolute atomic E-state index is 12.4. The molecule has 104 valence electrons. The van der Waals surface area contributed by atoms with Crippen LogP contribution in [-0.2, 0) is 0 Å². The molecule has 1 amide bonds. The Hall–Kier alpha value is -2.13. The number of benzene rings is 1. The molecule has 1 aliphatic carbocycles. The second kappa shape index (κ2) is 5.88. The van der Waals surface area contributed by atoms with Gasteiger partial charge in [0.05, 0.1) is 17.4 Å². The van der Waals surface area contributed by atoms with Crippen molar-refractivity contribution in [3.05, 3.63) is 38.9 Å². The predicted octanol–water partition coefficient (Wildman–Crippen LogP) is 2.77. The van der Waals surface area contributed by atoms with Gasteiger partial charge in [-0.25, -0.2) is 0 Å². The summed E-state index contributed by atoms with van der Waals surface area (Å²) in [5.41, 5.74) is -0.283. The largest absolute Gasteiger partial charge is 0.334 e. The van der Waals surface area contributed by atoms with E-state index in [-0.39, 0.29) is 28.7 Å². The minimum atomic E-state index is -0.617. The number of hydrogen-bond acceptors (Lipinski definition) is 4.